The normalized spacial score (nSPS) is 8.06. The number of aliphatic hydroxyl groups is 3. The van der Waals surface area contributed by atoms with E-state index in [1.165, 1.54) is 40.6 Å². The maximum absolute atomic E-state index is 9.35. The second-order valence-electron chi connectivity index (χ2n) is 15.1. The summed E-state index contributed by atoms with van der Waals surface area (Å²) in [6.07, 6.45) is 0. The summed E-state index contributed by atoms with van der Waals surface area (Å²) >= 11 is 20.6. The number of hydrogen-bond donors (Lipinski definition) is 12. The first-order valence-corrected chi connectivity index (χ1v) is 29.7. The fourth-order valence-electron chi connectivity index (χ4n) is 4.98. The van der Waals surface area contributed by atoms with Crippen molar-refractivity contribution in [3.8, 4) is 63.2 Å². The van der Waals surface area contributed by atoms with Crippen LogP contribution in [-0.2, 0) is 23.7 Å². The van der Waals surface area contributed by atoms with Gasteiger partial charge in [0.1, 0.15) is 28.7 Å². The van der Waals surface area contributed by atoms with Crippen molar-refractivity contribution in [2.75, 3.05) is 168 Å². The minimum absolute atomic E-state index is 0.0191. The first kappa shape index (κ1) is 109. The highest BCUT2D eigenvalue weighted by molar-refractivity contribution is 7.81. The van der Waals surface area contributed by atoms with E-state index < -0.39 is 0 Å². The van der Waals surface area contributed by atoms with Gasteiger partial charge in [-0.15, -0.1) is 63.1 Å². The lowest BCUT2D eigenvalue weighted by Crippen LogP contribution is -1.93. The maximum Gasteiger partial charge on any atom is 0.203 e. The van der Waals surface area contributed by atoms with Crippen molar-refractivity contribution in [2.24, 2.45) is 0 Å². The second kappa shape index (κ2) is 86.4. The van der Waals surface area contributed by atoms with Gasteiger partial charge in [-0.05, 0) is 97.1 Å². The molecule has 7 aromatic carbocycles. The van der Waals surface area contributed by atoms with Crippen LogP contribution in [0.3, 0.4) is 0 Å². The van der Waals surface area contributed by atoms with Crippen molar-refractivity contribution >= 4 is 74.5 Å². The lowest BCUT2D eigenvalue weighted by atomic mass is 10.2. The Hall–Kier alpha value is -6.63. The maximum atomic E-state index is 9.35. The Morgan fingerprint density at radius 3 is 0.670 bits per heavy atom. The summed E-state index contributed by atoms with van der Waals surface area (Å²) < 4.78 is 65.7. The number of benzene rings is 7. The number of ether oxygens (including phenoxy) is 14. The number of rotatable bonds is 9. The summed E-state index contributed by atoms with van der Waals surface area (Å²) in [6.45, 7) is 8.00. The van der Waals surface area contributed by atoms with Crippen LogP contribution in [-0.4, -0.2) is 182 Å². The Kier molecular flexibility index (Phi) is 100. The van der Waals surface area contributed by atoms with Gasteiger partial charge in [-0.2, -0.15) is 0 Å². The number of hydrogen-bond acceptors (Lipinski definition) is 26. The minimum Gasteiger partial charge on any atom is -0.504 e. The molecule has 0 aliphatic carbocycles. The van der Waals surface area contributed by atoms with Gasteiger partial charge in [0.05, 0.1) is 64.0 Å². The predicted octanol–water partition coefficient (Wildman–Crippen LogP) is 14.1. The molecule has 542 valence electrons. The Bertz CT molecular complexity index is 2320. The fraction of sp³-hybridized carbons (Fsp3) is 0.382. The van der Waals surface area contributed by atoms with E-state index in [-0.39, 0.29) is 11.5 Å². The molecule has 0 saturated carbocycles. The minimum atomic E-state index is -0.0191. The smallest absolute Gasteiger partial charge is 0.203 e. The quantitative estimate of drug-likeness (QED) is 0.0473. The van der Waals surface area contributed by atoms with E-state index in [0.29, 0.717) is 33.6 Å². The van der Waals surface area contributed by atoms with Crippen LogP contribution >= 0.6 is 63.1 Å². The summed E-state index contributed by atoms with van der Waals surface area (Å²) in [5.41, 5.74) is 12.1. The zero-order chi connectivity index (χ0) is 75.3. The second-order valence-corrected chi connectivity index (χ2v) is 17.7. The van der Waals surface area contributed by atoms with E-state index in [0.717, 1.165) is 75.3 Å². The van der Waals surface area contributed by atoms with Crippen LogP contribution in [0.15, 0.2) is 170 Å². The van der Waals surface area contributed by atoms with Crippen LogP contribution in [0.2, 0.25) is 0 Å². The van der Waals surface area contributed by atoms with Crippen LogP contribution in [0.25, 0.3) is 0 Å². The van der Waals surface area contributed by atoms with Gasteiger partial charge in [0.2, 0.25) is 11.5 Å². The molecule has 0 atom stereocenters. The molecule has 21 nitrogen and oxygen atoms in total. The van der Waals surface area contributed by atoms with E-state index in [9.17, 15) is 10.2 Å². The first-order chi connectivity index (χ1) is 45.1. The van der Waals surface area contributed by atoms with E-state index >= 15 is 0 Å². The molecule has 0 spiro atoms. The zero-order valence-corrected chi connectivity index (χ0v) is 64.7. The highest BCUT2D eigenvalue weighted by Gasteiger charge is 2.10. The third kappa shape index (κ3) is 69.7. The molecule has 26 heteroatoms. The molecule has 0 aliphatic heterocycles. The van der Waals surface area contributed by atoms with E-state index in [1.807, 2.05) is 143 Å². The van der Waals surface area contributed by atoms with Crippen LogP contribution < -0.4 is 54.1 Å². The monoisotopic (exact) mass is 1420 g/mol. The lowest BCUT2D eigenvalue weighted by molar-refractivity contribution is 0.277. The third-order valence-electron chi connectivity index (χ3n) is 8.23. The molecule has 0 amide bonds. The molecule has 0 radical (unpaired) electrons. The van der Waals surface area contributed by atoms with Crippen LogP contribution in [0.4, 0.5) is 11.4 Å². The lowest BCUT2D eigenvalue weighted by Gasteiger charge is -2.09. The summed E-state index contributed by atoms with van der Waals surface area (Å²) in [5, 5.41) is 39.7. The predicted molar refractivity (Wildman–Crippen MR) is 404 cm³/mol. The van der Waals surface area contributed by atoms with Gasteiger partial charge < -0.3 is 103 Å². The molecule has 0 bridgehead atoms. The van der Waals surface area contributed by atoms with Gasteiger partial charge in [-0.25, -0.2) is 0 Å². The van der Waals surface area contributed by atoms with Crippen molar-refractivity contribution in [2.45, 2.75) is 52.2 Å². The van der Waals surface area contributed by atoms with Crippen molar-refractivity contribution in [3.63, 3.8) is 0 Å². The first-order valence-electron chi connectivity index (χ1n) is 27.5. The number of aliphatic hydroxyl groups excluding tert-OH is 3. The van der Waals surface area contributed by atoms with Crippen molar-refractivity contribution in [3.05, 3.63) is 146 Å². The topological polar surface area (TPSA) is 282 Å². The van der Waals surface area contributed by atoms with E-state index in [2.05, 4.69) is 86.8 Å². The average Bonchev–Trinajstić information content (AvgIpc) is 0.899. The fourth-order valence-corrected chi connectivity index (χ4v) is 6.07. The van der Waals surface area contributed by atoms with E-state index in [4.69, 9.17) is 69.4 Å². The number of phenolic OH excluding ortho intramolecular Hbond substituents is 2. The molecule has 0 saturated heterocycles. The summed E-state index contributed by atoms with van der Waals surface area (Å²) in [6, 6.07) is 43.7. The molecule has 0 aliphatic rings. The van der Waals surface area contributed by atoms with E-state index in [1.54, 1.807) is 125 Å². The summed E-state index contributed by atoms with van der Waals surface area (Å²) in [5.74, 6) is 5.74. The average molecular weight is 1430 g/mol. The standard InChI is InChI=1S/C8H11NO3.C8H10O3S.C7H9NO.4C7H8OS.5C2H6O.2C2H6.3CH4O/c1-11-7-4-5(9)3-6(10)8(7)12-2;1-10-7-4-5(12)3-6(9)8(7)11-2;1-9-7-4-2-3-6(8)5-7;4*1-8-6-3-2-4-7(9)5-6;5*1-3-2;5*1-2/h3-4,10H,9H2,1-2H3;3-4,9,12H,1-2H3;2-5H,8H2,1H3;4*2-5,9H,1H3;5*1-2H3;2*1-2H3;3*2H,1H3. The van der Waals surface area contributed by atoms with Crippen LogP contribution in [0.5, 0.6) is 63.2 Å². The number of phenols is 2. The SMILES string of the molecule is CC.CC.CO.CO.CO.COC.COC.COC.COC.COC.COc1cc(N)cc(O)c1OC.COc1cc(S)cc(O)c1OC.COc1cccc(N)c1.COc1cccc(S)c1.COc1cccc(S)c1.COc1cccc(S)c1.COc1cccc(S)c1. The number of aromatic hydroxyl groups is 2. The molecule has 0 unspecified atom stereocenters. The van der Waals surface area contributed by atoms with Gasteiger partial charge in [-0.1, -0.05) is 58.0 Å². The number of anilines is 2. The summed E-state index contributed by atoms with van der Waals surface area (Å²) in [7, 11) is 33.3. The highest BCUT2D eigenvalue weighted by atomic mass is 32.1. The van der Waals surface area contributed by atoms with Gasteiger partial charge >= 0.3 is 0 Å². The van der Waals surface area contributed by atoms with Gasteiger partial charge in [-0.3, -0.25) is 0 Å². The van der Waals surface area contributed by atoms with Crippen LogP contribution in [0.1, 0.15) is 27.7 Å². The van der Waals surface area contributed by atoms with Crippen molar-refractivity contribution in [1.82, 2.24) is 0 Å². The highest BCUT2D eigenvalue weighted by Crippen LogP contribution is 2.39. The molecular formula is C68H116N2O19S5. The molecule has 0 aromatic heterocycles. The number of nitrogens with two attached hydrogens (primary N) is 2. The Morgan fingerprint density at radius 1 is 0.255 bits per heavy atom. The van der Waals surface area contributed by atoms with Gasteiger partial charge in [0.25, 0.3) is 0 Å². The Labute approximate surface area is 591 Å². The molecule has 9 N–H and O–H groups in total. The number of methoxy groups -OCH3 is 14. The summed E-state index contributed by atoms with van der Waals surface area (Å²) in [4.78, 5) is 4.33. The zero-order valence-electron chi connectivity index (χ0n) is 60.2. The molecule has 0 heterocycles. The number of thiol groups is 5. The Balaban J connectivity index is -0.000000104. The largest absolute Gasteiger partial charge is 0.504 e. The molecular weight excluding hydrogens is 1310 g/mol. The van der Waals surface area contributed by atoms with Crippen molar-refractivity contribution < 1.29 is 91.8 Å². The molecule has 7 aromatic rings. The third-order valence-corrected chi connectivity index (χ3v) is 9.60. The Morgan fingerprint density at radius 2 is 0.479 bits per heavy atom. The van der Waals surface area contributed by atoms with Crippen molar-refractivity contribution in [1.29, 1.82) is 0 Å². The molecule has 0 fully saturated rings. The van der Waals surface area contributed by atoms with Gasteiger partial charge in [0, 0.05) is 146 Å². The van der Waals surface area contributed by atoms with Gasteiger partial charge in [0.15, 0.2) is 23.0 Å². The number of nitrogen functional groups attached to an aromatic ring is 2. The molecule has 94 heavy (non-hydrogen) atoms. The molecule has 7 rings (SSSR count). The van der Waals surface area contributed by atoms with Crippen LogP contribution in [0, 0.1) is 0 Å².